The smallest absolute Gasteiger partial charge is 0.338 e. The number of Topliss-reactive ketones (excluding diaryl/α,β-unsaturated/α-hetero) is 1. The second-order valence-corrected chi connectivity index (χ2v) is 7.08. The SMILES string of the molecule is C[C@@H]1C(=O)[C@H](C)[C@H]2O[C@]1(CCCOC(=O)c1ccccc1)[C@@H]1OO[C@H]2O1. The fraction of sp³-hybridized carbons (Fsp3) is 0.579. The Morgan fingerprint density at radius 1 is 1.19 bits per heavy atom. The lowest BCUT2D eigenvalue weighted by atomic mass is 9.72. The predicted octanol–water partition coefficient (Wildman–Crippen LogP) is 2.25. The molecule has 6 atom stereocenters. The first-order chi connectivity index (χ1) is 12.5. The lowest BCUT2D eigenvalue weighted by molar-refractivity contribution is -0.319. The van der Waals surface area contributed by atoms with Gasteiger partial charge in [-0.05, 0) is 25.0 Å². The van der Waals surface area contributed by atoms with E-state index in [9.17, 15) is 9.59 Å². The Kier molecular flexibility index (Phi) is 4.56. The largest absolute Gasteiger partial charge is 0.462 e. The average Bonchev–Trinajstić information content (AvgIpc) is 3.11. The van der Waals surface area contributed by atoms with Gasteiger partial charge in [0.05, 0.1) is 12.2 Å². The summed E-state index contributed by atoms with van der Waals surface area (Å²) in [5.41, 5.74) is -0.408. The van der Waals surface area contributed by atoms with Crippen molar-refractivity contribution in [3.63, 3.8) is 0 Å². The molecule has 7 heteroatoms. The molecule has 0 amide bonds. The zero-order valence-corrected chi connectivity index (χ0v) is 14.8. The molecule has 1 aromatic rings. The van der Waals surface area contributed by atoms with Gasteiger partial charge in [0.25, 0.3) is 0 Å². The summed E-state index contributed by atoms with van der Waals surface area (Å²) in [6, 6.07) is 8.82. The van der Waals surface area contributed by atoms with E-state index in [1.54, 1.807) is 24.3 Å². The van der Waals surface area contributed by atoms with Crippen LogP contribution in [0.15, 0.2) is 30.3 Å². The minimum absolute atomic E-state index is 0.120. The van der Waals surface area contributed by atoms with Gasteiger partial charge in [-0.2, -0.15) is 9.78 Å². The van der Waals surface area contributed by atoms with Gasteiger partial charge in [0.2, 0.25) is 12.6 Å². The highest BCUT2D eigenvalue weighted by Gasteiger charge is 2.65. The van der Waals surface area contributed by atoms with Crippen LogP contribution >= 0.6 is 0 Å². The summed E-state index contributed by atoms with van der Waals surface area (Å²) in [6.45, 7) is 3.87. The second-order valence-electron chi connectivity index (χ2n) is 7.08. The first-order valence-corrected chi connectivity index (χ1v) is 8.94. The molecule has 3 aliphatic rings. The topological polar surface area (TPSA) is 80.3 Å². The zero-order valence-electron chi connectivity index (χ0n) is 14.8. The maximum Gasteiger partial charge on any atom is 0.338 e. The molecule has 0 radical (unpaired) electrons. The molecule has 4 bridgehead atoms. The molecule has 0 unspecified atom stereocenters. The number of hydrogen-bond acceptors (Lipinski definition) is 7. The summed E-state index contributed by atoms with van der Waals surface area (Å²) in [7, 11) is 0. The van der Waals surface area contributed by atoms with Gasteiger partial charge in [0.1, 0.15) is 17.5 Å². The van der Waals surface area contributed by atoms with Crippen molar-refractivity contribution in [2.75, 3.05) is 6.61 Å². The molecule has 3 aliphatic heterocycles. The number of carbonyl (C=O) groups is 2. The quantitative estimate of drug-likeness (QED) is 0.451. The van der Waals surface area contributed by atoms with Crippen molar-refractivity contribution in [2.24, 2.45) is 11.8 Å². The molecule has 0 saturated carbocycles. The van der Waals surface area contributed by atoms with Gasteiger partial charge in [-0.25, -0.2) is 4.79 Å². The van der Waals surface area contributed by atoms with Gasteiger partial charge >= 0.3 is 5.97 Å². The van der Waals surface area contributed by atoms with Crippen LogP contribution in [-0.2, 0) is 28.8 Å². The van der Waals surface area contributed by atoms with Crippen LogP contribution < -0.4 is 0 Å². The highest BCUT2D eigenvalue weighted by molar-refractivity contribution is 5.89. The van der Waals surface area contributed by atoms with Gasteiger partial charge < -0.3 is 14.2 Å². The molecule has 3 heterocycles. The molecule has 26 heavy (non-hydrogen) atoms. The molecule has 3 saturated heterocycles. The van der Waals surface area contributed by atoms with Crippen LogP contribution in [0, 0.1) is 11.8 Å². The Hall–Kier alpha value is -1.80. The maximum atomic E-state index is 12.7. The number of hydrogen-bond donors (Lipinski definition) is 0. The van der Waals surface area contributed by atoms with E-state index in [4.69, 9.17) is 24.0 Å². The molecule has 0 spiro atoms. The van der Waals surface area contributed by atoms with E-state index in [1.165, 1.54) is 0 Å². The summed E-state index contributed by atoms with van der Waals surface area (Å²) in [5.74, 6) is -0.966. The number of ketones is 1. The first kappa shape index (κ1) is 17.6. The highest BCUT2D eigenvalue weighted by atomic mass is 17.3. The lowest BCUT2D eigenvalue weighted by Crippen LogP contribution is -2.66. The summed E-state index contributed by atoms with van der Waals surface area (Å²) >= 11 is 0. The van der Waals surface area contributed by atoms with Crippen molar-refractivity contribution in [3.05, 3.63) is 35.9 Å². The van der Waals surface area contributed by atoms with Gasteiger partial charge in [0, 0.05) is 11.8 Å². The van der Waals surface area contributed by atoms with Crippen molar-refractivity contribution in [2.45, 2.75) is 51.0 Å². The molecule has 3 fully saturated rings. The third-order valence-corrected chi connectivity index (χ3v) is 5.57. The summed E-state index contributed by atoms with van der Waals surface area (Å²) in [5, 5.41) is 0. The molecule has 0 aliphatic carbocycles. The van der Waals surface area contributed by atoms with Crippen molar-refractivity contribution >= 4 is 11.8 Å². The van der Waals surface area contributed by atoms with Crippen molar-refractivity contribution in [3.8, 4) is 0 Å². The van der Waals surface area contributed by atoms with Gasteiger partial charge in [0.15, 0.2) is 0 Å². The molecular formula is C19H22O7. The molecule has 4 rings (SSSR count). The molecule has 0 N–H and O–H groups in total. The highest BCUT2D eigenvalue weighted by Crippen LogP contribution is 2.49. The predicted molar refractivity (Wildman–Crippen MR) is 87.7 cm³/mol. The minimum Gasteiger partial charge on any atom is -0.462 e. The molecule has 1 aromatic carbocycles. The van der Waals surface area contributed by atoms with Crippen LogP contribution in [0.2, 0.25) is 0 Å². The minimum atomic E-state index is -0.916. The summed E-state index contributed by atoms with van der Waals surface area (Å²) in [4.78, 5) is 35.2. The monoisotopic (exact) mass is 362 g/mol. The fourth-order valence-corrected chi connectivity index (χ4v) is 3.97. The standard InChI is InChI=1S/C19H22O7/c1-11-14(20)12(2)19(18-23-17(25-26-18)15(11)24-19)9-6-10-22-16(21)13-7-4-3-5-8-13/h3-5,7-8,11-12,15,17-18H,6,9-10H2,1-2H3/t11-,12+,15+,17+,18-,19-/m0/s1. The van der Waals surface area contributed by atoms with Crippen LogP contribution in [-0.4, -0.2) is 42.6 Å². The van der Waals surface area contributed by atoms with Crippen molar-refractivity contribution in [1.29, 1.82) is 0 Å². The van der Waals surface area contributed by atoms with Crippen LogP contribution in [0.3, 0.4) is 0 Å². The van der Waals surface area contributed by atoms with Gasteiger partial charge in [-0.1, -0.05) is 32.0 Å². The Balaban J connectivity index is 1.40. The summed E-state index contributed by atoms with van der Waals surface area (Å²) < 4.78 is 17.3. The van der Waals surface area contributed by atoms with E-state index < -0.39 is 30.2 Å². The van der Waals surface area contributed by atoms with Crippen LogP contribution in [0.1, 0.15) is 37.0 Å². The number of fused-ring (bicyclic) bond motifs is 6. The van der Waals surface area contributed by atoms with E-state index in [0.717, 1.165) is 0 Å². The third-order valence-electron chi connectivity index (χ3n) is 5.57. The van der Waals surface area contributed by atoms with Gasteiger partial charge in [-0.15, -0.1) is 0 Å². The van der Waals surface area contributed by atoms with E-state index in [0.29, 0.717) is 18.4 Å². The number of benzene rings is 1. The first-order valence-electron chi connectivity index (χ1n) is 8.94. The zero-order chi connectivity index (χ0) is 18.3. The molecule has 140 valence electrons. The van der Waals surface area contributed by atoms with E-state index in [2.05, 4.69) is 0 Å². The van der Waals surface area contributed by atoms with Crippen LogP contribution in [0.5, 0.6) is 0 Å². The van der Waals surface area contributed by atoms with E-state index in [1.807, 2.05) is 19.9 Å². The van der Waals surface area contributed by atoms with E-state index >= 15 is 0 Å². The molecule has 7 nitrogen and oxygen atoms in total. The van der Waals surface area contributed by atoms with Crippen molar-refractivity contribution < 1.29 is 33.6 Å². The number of rotatable bonds is 5. The van der Waals surface area contributed by atoms with Crippen molar-refractivity contribution in [1.82, 2.24) is 0 Å². The average molecular weight is 362 g/mol. The lowest BCUT2D eigenvalue weighted by Gasteiger charge is -2.51. The Labute approximate surface area is 151 Å². The summed E-state index contributed by atoms with van der Waals surface area (Å²) in [6.07, 6.45) is -0.920. The third kappa shape index (κ3) is 2.75. The second kappa shape index (κ2) is 6.74. The Bertz CT molecular complexity index is 690. The Morgan fingerprint density at radius 3 is 2.73 bits per heavy atom. The van der Waals surface area contributed by atoms with E-state index in [-0.39, 0.29) is 24.3 Å². The number of ether oxygens (including phenoxy) is 3. The number of carbonyl (C=O) groups excluding carboxylic acids is 2. The fourth-order valence-electron chi connectivity index (χ4n) is 3.97. The Morgan fingerprint density at radius 2 is 1.96 bits per heavy atom. The normalized spacial score (nSPS) is 38.2. The van der Waals surface area contributed by atoms with Crippen LogP contribution in [0.25, 0.3) is 0 Å². The van der Waals surface area contributed by atoms with Crippen LogP contribution in [0.4, 0.5) is 0 Å². The van der Waals surface area contributed by atoms with Gasteiger partial charge in [-0.3, -0.25) is 4.79 Å². The number of esters is 1. The maximum absolute atomic E-state index is 12.7. The molecule has 0 aromatic heterocycles. The molecular weight excluding hydrogens is 340 g/mol.